The molecule has 3 aromatic carbocycles. The lowest BCUT2D eigenvalue weighted by Crippen LogP contribution is -2.40. The van der Waals surface area contributed by atoms with Crippen LogP contribution in [-0.2, 0) is 22.8 Å². The van der Waals surface area contributed by atoms with Gasteiger partial charge in [0.15, 0.2) is 0 Å². The van der Waals surface area contributed by atoms with E-state index in [4.69, 9.17) is 4.18 Å². The summed E-state index contributed by atoms with van der Waals surface area (Å²) in [6.07, 6.45) is -4.01. The van der Waals surface area contributed by atoms with E-state index >= 15 is 0 Å². The second-order valence-electron chi connectivity index (χ2n) is 8.40. The summed E-state index contributed by atoms with van der Waals surface area (Å²) in [6, 6.07) is 16.4. The molecule has 0 saturated heterocycles. The van der Waals surface area contributed by atoms with Crippen LogP contribution in [0.15, 0.2) is 77.7 Å². The normalized spacial score (nSPS) is 12.6. The van der Waals surface area contributed by atoms with E-state index in [2.05, 4.69) is 5.32 Å². The second kappa shape index (κ2) is 11.0. The molecule has 192 valence electrons. The van der Waals surface area contributed by atoms with Crippen LogP contribution in [0.1, 0.15) is 37.0 Å². The highest BCUT2D eigenvalue weighted by molar-refractivity contribution is 7.87. The zero-order valence-corrected chi connectivity index (χ0v) is 20.9. The van der Waals surface area contributed by atoms with Crippen molar-refractivity contribution in [2.24, 2.45) is 0 Å². The average molecular weight is 521 g/mol. The maximum Gasteiger partial charge on any atom is 0.416 e. The van der Waals surface area contributed by atoms with Crippen molar-refractivity contribution in [1.29, 1.82) is 0 Å². The van der Waals surface area contributed by atoms with Gasteiger partial charge in [-0.2, -0.15) is 21.6 Å². The predicted octanol–water partition coefficient (Wildman–Crippen LogP) is 6.61. The zero-order chi connectivity index (χ0) is 26.5. The van der Waals surface area contributed by atoms with Gasteiger partial charge in [0.1, 0.15) is 10.6 Å². The van der Waals surface area contributed by atoms with Crippen molar-refractivity contribution >= 4 is 21.8 Å². The molecule has 3 rings (SSSR count). The van der Waals surface area contributed by atoms with E-state index in [1.807, 2.05) is 39.0 Å². The summed E-state index contributed by atoms with van der Waals surface area (Å²) in [5.41, 5.74) is 1.14. The molecule has 1 N–H and O–H groups in total. The Bertz CT molecular complexity index is 1330. The van der Waals surface area contributed by atoms with Crippen molar-refractivity contribution in [1.82, 2.24) is 4.90 Å². The third-order valence-electron chi connectivity index (χ3n) is 5.56. The molecule has 36 heavy (non-hydrogen) atoms. The molecule has 10 heteroatoms. The van der Waals surface area contributed by atoms with Crippen LogP contribution in [0.5, 0.6) is 5.75 Å². The Balaban J connectivity index is 1.80. The molecule has 0 saturated carbocycles. The fourth-order valence-corrected chi connectivity index (χ4v) is 4.43. The summed E-state index contributed by atoms with van der Waals surface area (Å²) >= 11 is 0. The summed E-state index contributed by atoms with van der Waals surface area (Å²) < 4.78 is 69.4. The first-order chi connectivity index (χ1) is 16.9. The number of halogens is 3. The van der Waals surface area contributed by atoms with Crippen molar-refractivity contribution in [3.05, 3.63) is 89.5 Å². The van der Waals surface area contributed by atoms with Crippen LogP contribution in [-0.4, -0.2) is 25.4 Å². The van der Waals surface area contributed by atoms with E-state index in [1.165, 1.54) is 12.1 Å². The maximum absolute atomic E-state index is 13.0. The largest absolute Gasteiger partial charge is 0.416 e. The maximum atomic E-state index is 13.0. The van der Waals surface area contributed by atoms with Gasteiger partial charge in [-0.25, -0.2) is 4.79 Å². The molecular formula is C26H27F3N2O4S. The number of alkyl halides is 3. The van der Waals surface area contributed by atoms with Crippen molar-refractivity contribution in [2.75, 3.05) is 5.32 Å². The average Bonchev–Trinajstić information content (AvgIpc) is 2.81. The minimum Gasteiger partial charge on any atom is -0.379 e. The molecule has 0 aliphatic heterocycles. The molecule has 2 amide bonds. The topological polar surface area (TPSA) is 75.7 Å². The summed E-state index contributed by atoms with van der Waals surface area (Å²) in [5.74, 6) is -0.0758. The molecule has 6 nitrogen and oxygen atoms in total. The number of aryl methyl sites for hydroxylation is 1. The molecule has 0 aliphatic carbocycles. The van der Waals surface area contributed by atoms with Crippen LogP contribution in [0.25, 0.3) is 0 Å². The number of carbonyl (C=O) groups is 1. The Morgan fingerprint density at radius 3 is 2.39 bits per heavy atom. The number of hydrogen-bond acceptors (Lipinski definition) is 4. The van der Waals surface area contributed by atoms with Crippen molar-refractivity contribution in [3.8, 4) is 5.75 Å². The van der Waals surface area contributed by atoms with Crippen molar-refractivity contribution in [3.63, 3.8) is 0 Å². The number of carbonyl (C=O) groups excluding carboxylic acids is 1. The molecule has 0 spiro atoms. The van der Waals surface area contributed by atoms with Gasteiger partial charge >= 0.3 is 22.3 Å². The fourth-order valence-electron chi connectivity index (χ4n) is 3.46. The molecule has 0 bridgehead atoms. The monoisotopic (exact) mass is 520 g/mol. The highest BCUT2D eigenvalue weighted by Gasteiger charge is 2.32. The molecule has 0 fully saturated rings. The molecule has 0 radical (unpaired) electrons. The van der Waals surface area contributed by atoms with Crippen LogP contribution in [0.2, 0.25) is 0 Å². The summed E-state index contributed by atoms with van der Waals surface area (Å²) in [4.78, 5) is 14.0. The van der Waals surface area contributed by atoms with Crippen LogP contribution < -0.4 is 9.50 Å². The summed E-state index contributed by atoms with van der Waals surface area (Å²) in [7, 11) is -4.52. The second-order valence-corrected chi connectivity index (χ2v) is 9.94. The van der Waals surface area contributed by atoms with Gasteiger partial charge in [-0.05, 0) is 73.9 Å². The SMILES string of the molecule is CCC(C)N(Cc1cccc(OS(=O)(=O)c2cccc(C(F)(F)F)c2)c1)C(=O)Nc1cccc(C)c1. The first kappa shape index (κ1) is 27.1. The van der Waals surface area contributed by atoms with Gasteiger partial charge in [-0.1, -0.05) is 37.3 Å². The standard InChI is InChI=1S/C26H27F3N2O4S/c1-4-19(3)31(25(32)30-22-11-5-8-18(2)14-22)17-20-9-6-12-23(15-20)35-36(33,34)24-13-7-10-21(16-24)26(27,28)29/h5-16,19H,4,17H2,1-3H3,(H,30,32). The van der Waals surface area contributed by atoms with Crippen LogP contribution in [0, 0.1) is 6.92 Å². The van der Waals surface area contributed by atoms with Gasteiger partial charge in [-0.3, -0.25) is 0 Å². The van der Waals surface area contributed by atoms with Crippen LogP contribution >= 0.6 is 0 Å². The molecule has 0 aromatic heterocycles. The number of rotatable bonds is 8. The van der Waals surface area contributed by atoms with Gasteiger partial charge in [-0.15, -0.1) is 0 Å². The van der Waals surface area contributed by atoms with Crippen LogP contribution in [0.3, 0.4) is 0 Å². The highest BCUT2D eigenvalue weighted by Crippen LogP contribution is 2.31. The van der Waals surface area contributed by atoms with Gasteiger partial charge in [0.05, 0.1) is 5.56 Å². The molecule has 1 unspecified atom stereocenters. The molecule has 3 aromatic rings. The minimum atomic E-state index is -4.69. The van der Waals surface area contributed by atoms with Gasteiger partial charge in [0.25, 0.3) is 0 Å². The molecule has 0 heterocycles. The summed E-state index contributed by atoms with van der Waals surface area (Å²) in [5, 5.41) is 2.88. The number of hydrogen-bond donors (Lipinski definition) is 1. The first-order valence-electron chi connectivity index (χ1n) is 11.2. The Morgan fingerprint density at radius 2 is 1.72 bits per heavy atom. The number of nitrogens with one attached hydrogen (secondary N) is 1. The van der Waals surface area contributed by atoms with Crippen LogP contribution in [0.4, 0.5) is 23.7 Å². The third-order valence-corrected chi connectivity index (χ3v) is 6.80. The zero-order valence-electron chi connectivity index (χ0n) is 20.0. The Hall–Kier alpha value is -3.53. The van der Waals surface area contributed by atoms with E-state index in [0.717, 1.165) is 23.8 Å². The number of anilines is 1. The van der Waals surface area contributed by atoms with Crippen molar-refractivity contribution < 1.29 is 30.6 Å². The number of nitrogens with zero attached hydrogens (tertiary/aromatic N) is 1. The van der Waals surface area contributed by atoms with Crippen molar-refractivity contribution in [2.45, 2.75) is 50.9 Å². The van der Waals surface area contributed by atoms with E-state index in [1.54, 1.807) is 23.1 Å². The fraction of sp³-hybridized carbons (Fsp3) is 0.269. The lowest BCUT2D eigenvalue weighted by atomic mass is 10.1. The Morgan fingerprint density at radius 1 is 1.03 bits per heavy atom. The Kier molecular flexibility index (Phi) is 8.29. The van der Waals surface area contributed by atoms with Gasteiger partial charge < -0.3 is 14.4 Å². The summed E-state index contributed by atoms with van der Waals surface area (Å²) in [6.45, 7) is 5.92. The van der Waals surface area contributed by atoms with Gasteiger partial charge in [0, 0.05) is 18.3 Å². The van der Waals surface area contributed by atoms with E-state index < -0.39 is 26.8 Å². The number of amides is 2. The number of benzene rings is 3. The predicted molar refractivity (Wildman–Crippen MR) is 131 cm³/mol. The van der Waals surface area contributed by atoms with E-state index in [9.17, 15) is 26.4 Å². The van der Waals surface area contributed by atoms with E-state index in [-0.39, 0.29) is 24.4 Å². The lowest BCUT2D eigenvalue weighted by molar-refractivity contribution is -0.137. The lowest BCUT2D eigenvalue weighted by Gasteiger charge is -2.29. The third kappa shape index (κ3) is 7.00. The quantitative estimate of drug-likeness (QED) is 0.339. The molecular weight excluding hydrogens is 493 g/mol. The van der Waals surface area contributed by atoms with E-state index in [0.29, 0.717) is 23.7 Å². The molecule has 0 aliphatic rings. The number of urea groups is 1. The smallest absolute Gasteiger partial charge is 0.379 e. The molecule has 1 atom stereocenters. The van der Waals surface area contributed by atoms with Gasteiger partial charge in [0.2, 0.25) is 0 Å². The highest BCUT2D eigenvalue weighted by atomic mass is 32.2. The minimum absolute atomic E-state index is 0.0758. The first-order valence-corrected chi connectivity index (χ1v) is 12.6. The Labute approximate surface area is 208 Å².